The fourth-order valence-electron chi connectivity index (χ4n) is 4.51. The molecule has 0 saturated heterocycles. The van der Waals surface area contributed by atoms with E-state index in [1.54, 1.807) is 6.07 Å². The van der Waals surface area contributed by atoms with Crippen LogP contribution in [0.15, 0.2) is 18.2 Å². The Kier molecular flexibility index (Phi) is 1.93. The van der Waals surface area contributed by atoms with E-state index in [2.05, 4.69) is 30.3 Å². The molecule has 3 heteroatoms. The van der Waals surface area contributed by atoms with Gasteiger partial charge in [-0.2, -0.15) is 0 Å². The zero-order valence-corrected chi connectivity index (χ0v) is 11.7. The maximum Gasteiger partial charge on any atom is 0.151 e. The molecule has 0 amide bonds. The molecule has 0 atom stereocenters. The molecule has 0 spiro atoms. The van der Waals surface area contributed by atoms with Gasteiger partial charge in [-0.05, 0) is 50.7 Å². The maximum atomic E-state index is 14.0. The molecule has 100 valence electrons. The number of imidazole rings is 1. The Morgan fingerprint density at radius 2 is 1.95 bits per heavy atom. The van der Waals surface area contributed by atoms with Crippen molar-refractivity contribution < 1.29 is 4.39 Å². The van der Waals surface area contributed by atoms with Crippen LogP contribution in [0, 0.1) is 11.2 Å². The first-order valence-corrected chi connectivity index (χ1v) is 7.11. The zero-order chi connectivity index (χ0) is 13.4. The highest BCUT2D eigenvalue weighted by atomic mass is 19.1. The van der Waals surface area contributed by atoms with Crippen LogP contribution in [0.25, 0.3) is 11.0 Å². The van der Waals surface area contributed by atoms with Crippen molar-refractivity contribution in [3.63, 3.8) is 0 Å². The lowest BCUT2D eigenvalue weighted by atomic mass is 9.35. The van der Waals surface area contributed by atoms with Gasteiger partial charge < -0.3 is 4.57 Å². The number of aromatic nitrogens is 2. The predicted octanol–water partition coefficient (Wildman–Crippen LogP) is 4.20. The second kappa shape index (κ2) is 3.20. The predicted molar refractivity (Wildman–Crippen MR) is 73.7 cm³/mol. The van der Waals surface area contributed by atoms with E-state index in [0.717, 1.165) is 11.3 Å². The van der Waals surface area contributed by atoms with Gasteiger partial charge in [0.05, 0.1) is 5.52 Å². The molecule has 0 aliphatic heterocycles. The molecule has 2 aromatic rings. The normalized spacial score (nSPS) is 32.5. The Hall–Kier alpha value is -1.38. The highest BCUT2D eigenvalue weighted by molar-refractivity contribution is 5.77. The van der Waals surface area contributed by atoms with Gasteiger partial charge in [-0.15, -0.1) is 0 Å². The lowest BCUT2D eigenvalue weighted by Gasteiger charge is -2.69. The van der Waals surface area contributed by atoms with Crippen molar-refractivity contribution in [3.05, 3.63) is 29.8 Å². The second-order valence-corrected chi connectivity index (χ2v) is 7.13. The quantitative estimate of drug-likeness (QED) is 0.789. The summed E-state index contributed by atoms with van der Waals surface area (Å²) in [6.07, 6.45) is 3.66. The zero-order valence-electron chi connectivity index (χ0n) is 11.7. The fraction of sp³-hybridized carbons (Fsp3) is 0.562. The van der Waals surface area contributed by atoms with Crippen LogP contribution in [0.4, 0.5) is 4.39 Å². The van der Waals surface area contributed by atoms with Gasteiger partial charge >= 0.3 is 0 Å². The van der Waals surface area contributed by atoms with E-state index < -0.39 is 0 Å². The van der Waals surface area contributed by atoms with Crippen molar-refractivity contribution in [2.24, 2.45) is 5.41 Å². The number of hydrogen-bond donors (Lipinski definition) is 0. The molecule has 0 N–H and O–H groups in total. The molecular formula is C16H19FN2. The number of para-hydroxylation sites is 1. The lowest BCUT2D eigenvalue weighted by Crippen LogP contribution is -2.63. The average Bonchev–Trinajstić information content (AvgIpc) is 2.64. The number of fused-ring (bicyclic) bond motifs is 1. The van der Waals surface area contributed by atoms with E-state index in [1.165, 1.54) is 25.3 Å². The summed E-state index contributed by atoms with van der Waals surface area (Å²) in [5, 5.41) is 0. The minimum absolute atomic E-state index is 0.198. The SMILES string of the molecule is CC(C)n1c(C23CC(C)(C2)C3)nc2c(F)cccc21. The summed E-state index contributed by atoms with van der Waals surface area (Å²) >= 11 is 0. The average molecular weight is 258 g/mol. The summed E-state index contributed by atoms with van der Waals surface area (Å²) in [6.45, 7) is 6.66. The van der Waals surface area contributed by atoms with E-state index >= 15 is 0 Å². The van der Waals surface area contributed by atoms with Gasteiger partial charge in [0, 0.05) is 11.5 Å². The second-order valence-electron chi connectivity index (χ2n) is 7.13. The fourth-order valence-corrected chi connectivity index (χ4v) is 4.51. The Labute approximate surface area is 112 Å². The van der Waals surface area contributed by atoms with E-state index in [-0.39, 0.29) is 11.2 Å². The standard InChI is InChI=1S/C16H19FN2/c1-10(2)19-12-6-4-5-11(17)13(12)18-14(19)16-7-15(3,8-16)9-16/h4-6,10H,7-9H2,1-3H3. The van der Waals surface area contributed by atoms with Gasteiger partial charge in [-0.3, -0.25) is 0 Å². The first kappa shape index (κ1) is 11.4. The molecular weight excluding hydrogens is 239 g/mol. The van der Waals surface area contributed by atoms with Crippen LogP contribution < -0.4 is 0 Å². The Bertz CT molecular complexity index is 664. The van der Waals surface area contributed by atoms with Gasteiger partial charge in [-0.25, -0.2) is 9.37 Å². The van der Waals surface area contributed by atoms with Crippen LogP contribution in [0.2, 0.25) is 0 Å². The third-order valence-corrected chi connectivity index (χ3v) is 4.96. The summed E-state index contributed by atoms with van der Waals surface area (Å²) in [5.41, 5.74) is 2.27. The Morgan fingerprint density at radius 1 is 1.26 bits per heavy atom. The molecule has 1 aromatic heterocycles. The van der Waals surface area contributed by atoms with Crippen molar-refractivity contribution in [2.75, 3.05) is 0 Å². The van der Waals surface area contributed by atoms with Gasteiger partial charge in [-0.1, -0.05) is 13.0 Å². The van der Waals surface area contributed by atoms with Crippen molar-refractivity contribution in [1.29, 1.82) is 0 Å². The number of rotatable bonds is 2. The van der Waals surface area contributed by atoms with Gasteiger partial charge in [0.2, 0.25) is 0 Å². The minimum Gasteiger partial charge on any atom is -0.325 e. The van der Waals surface area contributed by atoms with E-state index in [1.807, 2.05) is 6.07 Å². The first-order chi connectivity index (χ1) is 8.94. The first-order valence-electron chi connectivity index (χ1n) is 7.11. The van der Waals surface area contributed by atoms with Gasteiger partial charge in [0.25, 0.3) is 0 Å². The largest absolute Gasteiger partial charge is 0.325 e. The Morgan fingerprint density at radius 3 is 2.53 bits per heavy atom. The molecule has 3 fully saturated rings. The third kappa shape index (κ3) is 1.28. The molecule has 1 heterocycles. The molecule has 19 heavy (non-hydrogen) atoms. The van der Waals surface area contributed by atoms with Crippen molar-refractivity contribution in [1.82, 2.24) is 9.55 Å². The summed E-state index contributed by atoms with van der Waals surface area (Å²) < 4.78 is 16.2. The van der Waals surface area contributed by atoms with Crippen LogP contribution in [-0.4, -0.2) is 9.55 Å². The highest BCUT2D eigenvalue weighted by Gasteiger charge is 2.67. The van der Waals surface area contributed by atoms with Crippen LogP contribution in [0.1, 0.15) is 51.9 Å². The molecule has 2 nitrogen and oxygen atoms in total. The molecule has 3 aliphatic rings. The Balaban J connectivity index is 1.95. The van der Waals surface area contributed by atoms with Gasteiger partial charge in [0.1, 0.15) is 11.3 Å². The van der Waals surface area contributed by atoms with Crippen LogP contribution in [0.3, 0.4) is 0 Å². The molecule has 3 saturated carbocycles. The molecule has 2 bridgehead atoms. The van der Waals surface area contributed by atoms with Crippen LogP contribution in [-0.2, 0) is 5.41 Å². The number of halogens is 1. The van der Waals surface area contributed by atoms with Crippen molar-refractivity contribution >= 4 is 11.0 Å². The summed E-state index contributed by atoms with van der Waals surface area (Å²) in [5.74, 6) is 0.919. The summed E-state index contributed by atoms with van der Waals surface area (Å²) in [4.78, 5) is 4.68. The number of hydrogen-bond acceptors (Lipinski definition) is 1. The topological polar surface area (TPSA) is 17.8 Å². The van der Waals surface area contributed by atoms with Crippen molar-refractivity contribution in [2.45, 2.75) is 51.5 Å². The van der Waals surface area contributed by atoms with Crippen LogP contribution in [0.5, 0.6) is 0 Å². The van der Waals surface area contributed by atoms with E-state index in [0.29, 0.717) is 17.0 Å². The molecule has 0 unspecified atom stereocenters. The molecule has 5 rings (SSSR count). The lowest BCUT2D eigenvalue weighted by molar-refractivity contribution is -0.132. The molecule has 1 aromatic carbocycles. The van der Waals surface area contributed by atoms with Crippen molar-refractivity contribution in [3.8, 4) is 0 Å². The highest BCUT2D eigenvalue weighted by Crippen LogP contribution is 2.73. The smallest absolute Gasteiger partial charge is 0.151 e. The summed E-state index contributed by atoms with van der Waals surface area (Å²) in [7, 11) is 0. The van der Waals surface area contributed by atoms with E-state index in [9.17, 15) is 4.39 Å². The number of benzene rings is 1. The molecule has 0 radical (unpaired) electrons. The third-order valence-electron chi connectivity index (χ3n) is 4.96. The maximum absolute atomic E-state index is 14.0. The monoisotopic (exact) mass is 258 g/mol. The summed E-state index contributed by atoms with van der Waals surface area (Å²) in [6, 6.07) is 5.60. The van der Waals surface area contributed by atoms with E-state index in [4.69, 9.17) is 0 Å². The van der Waals surface area contributed by atoms with Crippen LogP contribution >= 0.6 is 0 Å². The molecule has 3 aliphatic carbocycles. The van der Waals surface area contributed by atoms with Gasteiger partial charge in [0.15, 0.2) is 5.82 Å². The number of nitrogens with zero attached hydrogens (tertiary/aromatic N) is 2. The minimum atomic E-state index is -0.198.